The van der Waals surface area contributed by atoms with E-state index in [2.05, 4.69) is 20.9 Å². The third-order valence-electron chi connectivity index (χ3n) is 1.65. The van der Waals surface area contributed by atoms with Crippen molar-refractivity contribution in [2.75, 3.05) is 0 Å². The molecule has 0 saturated carbocycles. The van der Waals surface area contributed by atoms with E-state index in [1.807, 2.05) is 0 Å². The van der Waals surface area contributed by atoms with Crippen LogP contribution in [-0.4, -0.2) is 16.7 Å². The minimum Gasteiger partial charge on any atom is -0.293 e. The third-order valence-corrected chi connectivity index (χ3v) is 2.37. The quantitative estimate of drug-likeness (QED) is 0.839. The summed E-state index contributed by atoms with van der Waals surface area (Å²) in [5, 5.41) is 0. The number of ketones is 1. The zero-order valence-electron chi connectivity index (χ0n) is 7.43. The average Bonchev–Trinajstić information content (AvgIpc) is 2.07. The van der Waals surface area contributed by atoms with E-state index < -0.39 is 11.7 Å². The highest BCUT2D eigenvalue weighted by molar-refractivity contribution is 9.10. The second kappa shape index (κ2) is 4.13. The van der Waals surface area contributed by atoms with Gasteiger partial charge in [-0.3, -0.25) is 9.78 Å². The van der Waals surface area contributed by atoms with Gasteiger partial charge >= 0.3 is 5.92 Å². The van der Waals surface area contributed by atoms with Crippen molar-refractivity contribution in [2.24, 2.45) is 0 Å². The zero-order chi connectivity index (χ0) is 10.8. The summed E-state index contributed by atoms with van der Waals surface area (Å²) in [6.07, 6.45) is 1.10. The predicted octanol–water partition coefficient (Wildman–Crippen LogP) is 2.61. The van der Waals surface area contributed by atoms with E-state index in [1.165, 1.54) is 6.20 Å². The summed E-state index contributed by atoms with van der Waals surface area (Å²) in [5.41, 5.74) is 0.332. The first kappa shape index (κ1) is 11.2. The number of aromatic nitrogens is 1. The van der Waals surface area contributed by atoms with Gasteiger partial charge in [-0.15, -0.1) is 0 Å². The molecule has 0 aromatic carbocycles. The van der Waals surface area contributed by atoms with Gasteiger partial charge in [-0.25, -0.2) is 0 Å². The molecule has 14 heavy (non-hydrogen) atoms. The van der Waals surface area contributed by atoms with Crippen LogP contribution in [0.25, 0.3) is 0 Å². The second-order valence-electron chi connectivity index (χ2n) is 2.92. The molecule has 0 unspecified atom stereocenters. The van der Waals surface area contributed by atoms with Crippen LogP contribution < -0.4 is 0 Å². The van der Waals surface area contributed by atoms with E-state index in [1.54, 1.807) is 12.1 Å². The van der Waals surface area contributed by atoms with Gasteiger partial charge < -0.3 is 0 Å². The monoisotopic (exact) mass is 263 g/mol. The maximum atomic E-state index is 12.5. The lowest BCUT2D eigenvalue weighted by Crippen LogP contribution is -2.26. The van der Waals surface area contributed by atoms with Crippen LogP contribution in [0, 0.1) is 0 Å². The topological polar surface area (TPSA) is 30.0 Å². The van der Waals surface area contributed by atoms with E-state index in [9.17, 15) is 13.6 Å². The first-order valence-corrected chi connectivity index (χ1v) is 4.71. The van der Waals surface area contributed by atoms with Crippen LogP contribution in [0.15, 0.2) is 22.8 Å². The Kier molecular flexibility index (Phi) is 3.31. The molecule has 76 valence electrons. The number of nitrogens with zero attached hydrogens (tertiary/aromatic N) is 1. The van der Waals surface area contributed by atoms with Crippen LogP contribution in [0.1, 0.15) is 12.6 Å². The van der Waals surface area contributed by atoms with Gasteiger partial charge in [-0.2, -0.15) is 8.78 Å². The Hall–Kier alpha value is -0.840. The molecule has 1 aromatic heterocycles. The Balaban J connectivity index is 2.80. The molecular weight excluding hydrogens is 256 g/mol. The Bertz CT molecular complexity index is 349. The van der Waals surface area contributed by atoms with Crippen LogP contribution in [-0.2, 0) is 11.2 Å². The number of carbonyl (C=O) groups is 1. The number of hydrogen-bond acceptors (Lipinski definition) is 2. The number of rotatable bonds is 3. The van der Waals surface area contributed by atoms with Gasteiger partial charge in [0.1, 0.15) is 0 Å². The summed E-state index contributed by atoms with van der Waals surface area (Å²) < 4.78 is 25.6. The average molecular weight is 264 g/mol. The Labute approximate surface area is 88.5 Å². The minimum atomic E-state index is -3.29. The van der Waals surface area contributed by atoms with Crippen molar-refractivity contribution < 1.29 is 13.6 Å². The molecule has 0 aliphatic rings. The number of halogens is 3. The van der Waals surface area contributed by atoms with Crippen LogP contribution in [0.4, 0.5) is 8.78 Å². The van der Waals surface area contributed by atoms with Crippen LogP contribution in [0.3, 0.4) is 0 Å². The van der Waals surface area contributed by atoms with Crippen LogP contribution in [0.5, 0.6) is 0 Å². The summed E-state index contributed by atoms with van der Waals surface area (Å²) >= 11 is 3.13. The minimum absolute atomic E-state index is 0.332. The highest BCUT2D eigenvalue weighted by atomic mass is 79.9. The molecule has 1 aromatic rings. The molecule has 0 amide bonds. The van der Waals surface area contributed by atoms with Crippen molar-refractivity contribution in [2.45, 2.75) is 19.3 Å². The molecule has 0 atom stereocenters. The summed E-state index contributed by atoms with van der Waals surface area (Å²) in [4.78, 5) is 14.8. The van der Waals surface area contributed by atoms with Gasteiger partial charge in [-0.05, 0) is 28.1 Å². The fourth-order valence-electron chi connectivity index (χ4n) is 0.856. The van der Waals surface area contributed by atoms with E-state index in [-0.39, 0.29) is 6.42 Å². The molecule has 1 heterocycles. The zero-order valence-corrected chi connectivity index (χ0v) is 9.01. The van der Waals surface area contributed by atoms with E-state index in [4.69, 9.17) is 0 Å². The van der Waals surface area contributed by atoms with Crippen molar-refractivity contribution >= 4 is 21.7 Å². The largest absolute Gasteiger partial charge is 0.302 e. The summed E-state index contributed by atoms with van der Waals surface area (Å²) in [6, 6.07) is 3.31. The lowest BCUT2D eigenvalue weighted by Gasteiger charge is -2.08. The molecule has 5 heteroatoms. The molecule has 0 fully saturated rings. The number of hydrogen-bond donors (Lipinski definition) is 0. The van der Waals surface area contributed by atoms with E-state index >= 15 is 0 Å². The maximum absolute atomic E-state index is 12.5. The van der Waals surface area contributed by atoms with Crippen molar-refractivity contribution in [3.63, 3.8) is 0 Å². The molecule has 0 spiro atoms. The molecule has 0 N–H and O–H groups in total. The molecule has 2 nitrogen and oxygen atoms in total. The number of pyridine rings is 1. The van der Waals surface area contributed by atoms with Gasteiger partial charge in [0.05, 0.1) is 12.1 Å². The van der Waals surface area contributed by atoms with Gasteiger partial charge in [0, 0.05) is 17.6 Å². The Morgan fingerprint density at radius 1 is 1.64 bits per heavy atom. The van der Waals surface area contributed by atoms with E-state index in [0.717, 1.165) is 0 Å². The van der Waals surface area contributed by atoms with Gasteiger partial charge in [0.25, 0.3) is 0 Å². The fraction of sp³-hybridized carbons (Fsp3) is 0.333. The molecule has 0 aliphatic heterocycles. The van der Waals surface area contributed by atoms with Crippen molar-refractivity contribution in [3.8, 4) is 0 Å². The molecular formula is C9H8BrF2NO. The first-order chi connectivity index (χ1) is 6.41. The van der Waals surface area contributed by atoms with E-state index in [0.29, 0.717) is 17.1 Å². The first-order valence-electron chi connectivity index (χ1n) is 3.92. The van der Waals surface area contributed by atoms with Gasteiger partial charge in [-0.1, -0.05) is 0 Å². The standard InChI is InChI=1S/C9H8BrF2NO/c1-9(11,12)8(14)5-7-6(10)3-2-4-13-7/h2-4H,5H2,1H3. The third kappa shape index (κ3) is 2.83. The lowest BCUT2D eigenvalue weighted by molar-refractivity contribution is -0.139. The summed E-state index contributed by atoms with van der Waals surface area (Å²) in [7, 11) is 0. The highest BCUT2D eigenvalue weighted by Crippen LogP contribution is 2.19. The number of carbonyl (C=O) groups excluding carboxylic acids is 1. The molecule has 0 saturated heterocycles. The SMILES string of the molecule is CC(F)(F)C(=O)Cc1ncccc1Br. The van der Waals surface area contributed by atoms with Crippen LogP contribution >= 0.6 is 15.9 Å². The molecule has 0 bridgehead atoms. The van der Waals surface area contributed by atoms with Crippen molar-refractivity contribution in [3.05, 3.63) is 28.5 Å². The predicted molar refractivity (Wildman–Crippen MR) is 51.3 cm³/mol. The Morgan fingerprint density at radius 3 is 2.79 bits per heavy atom. The number of alkyl halides is 2. The smallest absolute Gasteiger partial charge is 0.293 e. The molecule has 0 aliphatic carbocycles. The highest BCUT2D eigenvalue weighted by Gasteiger charge is 2.32. The van der Waals surface area contributed by atoms with Gasteiger partial charge in [0.15, 0.2) is 0 Å². The summed E-state index contributed by atoms with van der Waals surface area (Å²) in [6.45, 7) is 0.589. The molecule has 0 radical (unpaired) electrons. The van der Waals surface area contributed by atoms with Crippen molar-refractivity contribution in [1.82, 2.24) is 4.98 Å². The van der Waals surface area contributed by atoms with Crippen molar-refractivity contribution in [1.29, 1.82) is 0 Å². The second-order valence-corrected chi connectivity index (χ2v) is 3.77. The van der Waals surface area contributed by atoms with Crippen LogP contribution in [0.2, 0.25) is 0 Å². The normalized spacial score (nSPS) is 11.4. The summed E-state index contributed by atoms with van der Waals surface area (Å²) in [5.74, 6) is -4.42. The number of Topliss-reactive ketones (excluding diaryl/α,β-unsaturated/α-hetero) is 1. The Morgan fingerprint density at radius 2 is 2.29 bits per heavy atom. The fourth-order valence-corrected chi connectivity index (χ4v) is 1.25. The molecule has 1 rings (SSSR count). The maximum Gasteiger partial charge on any atom is 0.302 e. The van der Waals surface area contributed by atoms with Gasteiger partial charge in [0.2, 0.25) is 5.78 Å². The lowest BCUT2D eigenvalue weighted by atomic mass is 10.1.